The van der Waals surface area contributed by atoms with Gasteiger partial charge in [0.25, 0.3) is 5.69 Å². The molecular formula is C13H13N3O5. The van der Waals surface area contributed by atoms with Gasteiger partial charge in [-0.1, -0.05) is 0 Å². The summed E-state index contributed by atoms with van der Waals surface area (Å²) in [6.45, 7) is 2.87. The molecule has 1 aromatic carbocycles. The molecule has 0 radical (unpaired) electrons. The fourth-order valence-corrected chi connectivity index (χ4v) is 2.28. The molecule has 0 saturated heterocycles. The summed E-state index contributed by atoms with van der Waals surface area (Å²) in [5.41, 5.74) is 0.451. The summed E-state index contributed by atoms with van der Waals surface area (Å²) in [6.07, 6.45) is 0. The number of Topliss-reactive ketones (excluding diaryl/α,β-unsaturated/α-hetero) is 1. The third kappa shape index (κ3) is 2.69. The third-order valence-electron chi connectivity index (χ3n) is 3.18. The van der Waals surface area contributed by atoms with Gasteiger partial charge in [0.1, 0.15) is 5.75 Å². The van der Waals surface area contributed by atoms with Crippen molar-refractivity contribution in [2.75, 3.05) is 0 Å². The van der Waals surface area contributed by atoms with Crippen molar-refractivity contribution in [1.82, 2.24) is 10.6 Å². The highest BCUT2D eigenvalue weighted by Crippen LogP contribution is 2.34. The Morgan fingerprint density at radius 1 is 1.43 bits per heavy atom. The van der Waals surface area contributed by atoms with Crippen molar-refractivity contribution >= 4 is 17.5 Å². The molecule has 1 aliphatic heterocycles. The minimum Gasteiger partial charge on any atom is -0.508 e. The van der Waals surface area contributed by atoms with E-state index in [2.05, 4.69) is 10.6 Å². The van der Waals surface area contributed by atoms with E-state index in [9.17, 15) is 24.8 Å². The molecule has 21 heavy (non-hydrogen) atoms. The van der Waals surface area contributed by atoms with E-state index in [1.54, 1.807) is 6.92 Å². The van der Waals surface area contributed by atoms with Gasteiger partial charge in [-0.05, 0) is 19.9 Å². The molecular weight excluding hydrogens is 278 g/mol. The van der Waals surface area contributed by atoms with Gasteiger partial charge in [-0.15, -0.1) is 0 Å². The zero-order chi connectivity index (χ0) is 15.7. The van der Waals surface area contributed by atoms with E-state index in [0.29, 0.717) is 5.70 Å². The summed E-state index contributed by atoms with van der Waals surface area (Å²) in [7, 11) is 0. The monoisotopic (exact) mass is 291 g/mol. The number of amides is 2. The number of nitro benzene ring substituents is 1. The lowest BCUT2D eigenvalue weighted by atomic mass is 9.92. The quantitative estimate of drug-likeness (QED) is 0.575. The van der Waals surface area contributed by atoms with E-state index < -0.39 is 17.0 Å². The van der Waals surface area contributed by atoms with Crippen LogP contribution in [0, 0.1) is 10.1 Å². The number of benzene rings is 1. The zero-order valence-corrected chi connectivity index (χ0v) is 11.3. The molecule has 1 aromatic rings. The maximum absolute atomic E-state index is 11.8. The van der Waals surface area contributed by atoms with E-state index in [1.165, 1.54) is 6.92 Å². The number of rotatable bonds is 3. The molecule has 8 nitrogen and oxygen atoms in total. The molecule has 0 spiro atoms. The molecule has 2 rings (SSSR count). The fourth-order valence-electron chi connectivity index (χ4n) is 2.28. The van der Waals surface area contributed by atoms with Crippen LogP contribution < -0.4 is 10.6 Å². The van der Waals surface area contributed by atoms with Crippen LogP contribution in [0.25, 0.3) is 0 Å². The Kier molecular flexibility index (Phi) is 3.62. The molecule has 0 fully saturated rings. The van der Waals surface area contributed by atoms with E-state index in [0.717, 1.165) is 18.2 Å². The molecule has 1 unspecified atom stereocenters. The molecule has 0 aromatic heterocycles. The number of carbonyl (C=O) groups is 2. The summed E-state index contributed by atoms with van der Waals surface area (Å²) >= 11 is 0. The number of aromatic hydroxyl groups is 1. The van der Waals surface area contributed by atoms with Crippen LogP contribution in [0.2, 0.25) is 0 Å². The second-order valence-corrected chi connectivity index (χ2v) is 4.63. The molecule has 1 atom stereocenters. The number of allylic oxidation sites excluding steroid dienone is 1. The maximum Gasteiger partial charge on any atom is 0.319 e. The Morgan fingerprint density at radius 3 is 2.67 bits per heavy atom. The summed E-state index contributed by atoms with van der Waals surface area (Å²) in [4.78, 5) is 33.6. The Bertz CT molecular complexity index is 680. The largest absolute Gasteiger partial charge is 0.508 e. The first-order valence-electron chi connectivity index (χ1n) is 6.07. The lowest BCUT2D eigenvalue weighted by molar-refractivity contribution is -0.385. The van der Waals surface area contributed by atoms with Crippen LogP contribution in [0.4, 0.5) is 10.5 Å². The van der Waals surface area contributed by atoms with Crippen LogP contribution >= 0.6 is 0 Å². The second-order valence-electron chi connectivity index (χ2n) is 4.63. The third-order valence-corrected chi connectivity index (χ3v) is 3.18. The van der Waals surface area contributed by atoms with Crippen LogP contribution in [-0.4, -0.2) is 21.8 Å². The van der Waals surface area contributed by atoms with Gasteiger partial charge in [-0.2, -0.15) is 0 Å². The molecule has 8 heteroatoms. The molecule has 110 valence electrons. The number of nitrogens with zero attached hydrogens (tertiary/aromatic N) is 1. The summed E-state index contributed by atoms with van der Waals surface area (Å²) in [6, 6.07) is 1.96. The normalized spacial score (nSPS) is 18.0. The standard InChI is InChI=1S/C13H13N3O5/c1-6-11(7(2)17)12(15-13(19)14-6)9-5-8(16(20)21)3-4-10(9)18/h3-5,12,18H,1-2H3,(H2,14,15,19). The number of hydrogen-bond donors (Lipinski definition) is 3. The van der Waals surface area contributed by atoms with Gasteiger partial charge in [0.05, 0.1) is 11.0 Å². The van der Waals surface area contributed by atoms with Crippen LogP contribution in [0.5, 0.6) is 5.75 Å². The van der Waals surface area contributed by atoms with Crippen LogP contribution in [0.3, 0.4) is 0 Å². The van der Waals surface area contributed by atoms with Gasteiger partial charge in [-0.25, -0.2) is 4.79 Å². The topological polar surface area (TPSA) is 122 Å². The summed E-state index contributed by atoms with van der Waals surface area (Å²) in [5, 5.41) is 25.7. The number of phenolic OH excluding ortho intramolecular Hbond substituents is 1. The van der Waals surface area contributed by atoms with Crippen LogP contribution in [0.1, 0.15) is 25.5 Å². The van der Waals surface area contributed by atoms with Gasteiger partial charge < -0.3 is 15.7 Å². The molecule has 0 saturated carbocycles. The number of hydrogen-bond acceptors (Lipinski definition) is 5. The average molecular weight is 291 g/mol. The highest BCUT2D eigenvalue weighted by atomic mass is 16.6. The second kappa shape index (κ2) is 5.23. The van der Waals surface area contributed by atoms with Crippen molar-refractivity contribution in [3.8, 4) is 5.75 Å². The Labute approximate surface area is 119 Å². The van der Waals surface area contributed by atoms with Crippen LogP contribution in [-0.2, 0) is 4.79 Å². The Morgan fingerprint density at radius 2 is 2.10 bits per heavy atom. The van der Waals surface area contributed by atoms with Crippen molar-refractivity contribution < 1.29 is 19.6 Å². The first kappa shape index (κ1) is 14.5. The smallest absolute Gasteiger partial charge is 0.319 e. The highest BCUT2D eigenvalue weighted by Gasteiger charge is 2.31. The van der Waals surface area contributed by atoms with Gasteiger partial charge in [0, 0.05) is 29.0 Å². The number of urea groups is 1. The molecule has 1 aliphatic rings. The number of non-ortho nitro benzene ring substituents is 1. The van der Waals surface area contributed by atoms with Gasteiger partial charge in [-0.3, -0.25) is 14.9 Å². The summed E-state index contributed by atoms with van der Waals surface area (Å²) in [5.74, 6) is -0.546. The number of nitro groups is 1. The van der Waals surface area contributed by atoms with Gasteiger partial charge in [0.15, 0.2) is 5.78 Å². The predicted octanol–water partition coefficient (Wildman–Crippen LogP) is 1.52. The molecule has 0 aliphatic carbocycles. The number of nitrogens with one attached hydrogen (secondary N) is 2. The SMILES string of the molecule is CC(=O)C1=C(C)NC(=O)NC1c1cc([N+](=O)[O-])ccc1O. The van der Waals surface area contributed by atoms with Crippen molar-refractivity contribution in [3.05, 3.63) is 45.1 Å². The lowest BCUT2D eigenvalue weighted by Gasteiger charge is -2.28. The maximum atomic E-state index is 11.8. The van der Waals surface area contributed by atoms with Crippen molar-refractivity contribution in [3.63, 3.8) is 0 Å². The minimum atomic E-state index is -0.934. The highest BCUT2D eigenvalue weighted by molar-refractivity contribution is 5.98. The Hall–Kier alpha value is -2.90. The number of phenols is 1. The Balaban J connectivity index is 2.60. The summed E-state index contributed by atoms with van der Waals surface area (Å²) < 4.78 is 0. The van der Waals surface area contributed by atoms with E-state index in [-0.39, 0.29) is 28.4 Å². The molecule has 3 N–H and O–H groups in total. The number of ketones is 1. The predicted molar refractivity (Wildman–Crippen MR) is 72.6 cm³/mol. The fraction of sp³-hybridized carbons (Fsp3) is 0.231. The van der Waals surface area contributed by atoms with E-state index in [4.69, 9.17) is 0 Å². The van der Waals surface area contributed by atoms with E-state index in [1.807, 2.05) is 0 Å². The minimum absolute atomic E-state index is 0.101. The zero-order valence-electron chi connectivity index (χ0n) is 11.3. The number of carbonyl (C=O) groups excluding carboxylic acids is 2. The van der Waals surface area contributed by atoms with Crippen LogP contribution in [0.15, 0.2) is 29.5 Å². The van der Waals surface area contributed by atoms with Crippen molar-refractivity contribution in [2.45, 2.75) is 19.9 Å². The van der Waals surface area contributed by atoms with E-state index >= 15 is 0 Å². The molecule has 2 amide bonds. The van der Waals surface area contributed by atoms with Gasteiger partial charge >= 0.3 is 6.03 Å². The first-order chi connectivity index (χ1) is 9.81. The van der Waals surface area contributed by atoms with Gasteiger partial charge in [0.2, 0.25) is 0 Å². The molecule has 0 bridgehead atoms. The average Bonchev–Trinajstić information content (AvgIpc) is 2.37. The lowest BCUT2D eigenvalue weighted by Crippen LogP contribution is -2.44. The van der Waals surface area contributed by atoms with Crippen molar-refractivity contribution in [2.24, 2.45) is 0 Å². The first-order valence-corrected chi connectivity index (χ1v) is 6.07. The molecule has 1 heterocycles. The van der Waals surface area contributed by atoms with Crippen molar-refractivity contribution in [1.29, 1.82) is 0 Å².